The predicted molar refractivity (Wildman–Crippen MR) is 105 cm³/mol. The van der Waals surface area contributed by atoms with Crippen LogP contribution < -0.4 is 10.0 Å². The molecular formula is C16H14Cl3N3O5S. The van der Waals surface area contributed by atoms with Gasteiger partial charge in [0.05, 0.1) is 21.5 Å². The molecule has 0 saturated carbocycles. The van der Waals surface area contributed by atoms with Gasteiger partial charge < -0.3 is 10.1 Å². The van der Waals surface area contributed by atoms with Crippen molar-refractivity contribution in [2.45, 2.75) is 11.3 Å². The summed E-state index contributed by atoms with van der Waals surface area (Å²) in [4.78, 5) is 27.0. The number of ether oxygens (including phenoxy) is 1. The molecule has 0 bridgehead atoms. The zero-order chi connectivity index (χ0) is 20.7. The van der Waals surface area contributed by atoms with Gasteiger partial charge in [0.2, 0.25) is 10.0 Å². The maximum absolute atomic E-state index is 12.2. The molecule has 2 N–H and O–H groups in total. The van der Waals surface area contributed by atoms with Crippen molar-refractivity contribution in [1.82, 2.24) is 9.71 Å². The molecule has 0 unspecified atom stereocenters. The van der Waals surface area contributed by atoms with E-state index in [0.29, 0.717) is 5.02 Å². The highest BCUT2D eigenvalue weighted by atomic mass is 35.5. The molecule has 0 radical (unpaired) electrons. The molecule has 12 heteroatoms. The molecule has 0 aliphatic heterocycles. The molecule has 2 rings (SSSR count). The van der Waals surface area contributed by atoms with Crippen molar-refractivity contribution in [3.05, 3.63) is 51.6 Å². The molecule has 0 atom stereocenters. The summed E-state index contributed by atoms with van der Waals surface area (Å²) in [6, 6.07) is 7.28. The van der Waals surface area contributed by atoms with Crippen molar-refractivity contribution in [3.63, 3.8) is 0 Å². The summed E-state index contributed by atoms with van der Waals surface area (Å²) in [5.74, 6) is -1.13. The van der Waals surface area contributed by atoms with Gasteiger partial charge in [-0.15, -0.1) is 0 Å². The summed E-state index contributed by atoms with van der Waals surface area (Å²) in [7, 11) is -4.01. The second-order valence-electron chi connectivity index (χ2n) is 5.27. The monoisotopic (exact) mass is 465 g/mol. The minimum absolute atomic E-state index is 0.0462. The molecule has 1 amide bonds. The summed E-state index contributed by atoms with van der Waals surface area (Å²) in [6.07, 6.45) is 1.05. The lowest BCUT2D eigenvalue weighted by Gasteiger charge is -2.10. The van der Waals surface area contributed by atoms with Crippen LogP contribution in [0.1, 0.15) is 6.42 Å². The number of carbonyl (C=O) groups excluding carboxylic acids is 2. The molecule has 0 aliphatic carbocycles. The van der Waals surface area contributed by atoms with Gasteiger partial charge >= 0.3 is 5.97 Å². The Balaban J connectivity index is 1.78. The maximum Gasteiger partial charge on any atom is 0.307 e. The zero-order valence-electron chi connectivity index (χ0n) is 14.1. The number of esters is 1. The Morgan fingerprint density at radius 3 is 2.36 bits per heavy atom. The summed E-state index contributed by atoms with van der Waals surface area (Å²) in [5, 5.41) is 2.73. The number of halogens is 3. The minimum atomic E-state index is -4.01. The van der Waals surface area contributed by atoms with Crippen molar-refractivity contribution in [2.24, 2.45) is 0 Å². The quantitative estimate of drug-likeness (QED) is 0.578. The van der Waals surface area contributed by atoms with Crippen LogP contribution >= 0.6 is 34.8 Å². The lowest BCUT2D eigenvalue weighted by molar-refractivity contribution is -0.147. The first-order valence-electron chi connectivity index (χ1n) is 7.70. The Morgan fingerprint density at radius 1 is 1.07 bits per heavy atom. The maximum atomic E-state index is 12.2. The van der Waals surface area contributed by atoms with Crippen LogP contribution in [0.5, 0.6) is 0 Å². The second kappa shape index (κ2) is 10.0. The van der Waals surface area contributed by atoms with Crippen LogP contribution in [-0.4, -0.2) is 38.4 Å². The number of nitrogens with zero attached hydrogens (tertiary/aromatic N) is 1. The average Bonchev–Trinajstić information content (AvgIpc) is 2.61. The van der Waals surface area contributed by atoms with Gasteiger partial charge in [0.15, 0.2) is 6.61 Å². The summed E-state index contributed by atoms with van der Waals surface area (Å²) < 4.78 is 31.4. The number of amides is 1. The average molecular weight is 467 g/mol. The van der Waals surface area contributed by atoms with Crippen LogP contribution in [0.25, 0.3) is 0 Å². The first-order valence-corrected chi connectivity index (χ1v) is 10.3. The first kappa shape index (κ1) is 22.4. The molecule has 0 fully saturated rings. The third-order valence-electron chi connectivity index (χ3n) is 3.17. The largest absolute Gasteiger partial charge is 0.456 e. The fourth-order valence-corrected chi connectivity index (χ4v) is 4.23. The van der Waals surface area contributed by atoms with Crippen LogP contribution in [0.2, 0.25) is 15.1 Å². The fraction of sp³-hybridized carbons (Fsp3) is 0.188. The van der Waals surface area contributed by atoms with Gasteiger partial charge in [-0.25, -0.2) is 18.1 Å². The van der Waals surface area contributed by atoms with E-state index in [0.717, 1.165) is 0 Å². The molecule has 0 spiro atoms. The number of rotatable bonds is 8. The highest BCUT2D eigenvalue weighted by Crippen LogP contribution is 2.28. The van der Waals surface area contributed by atoms with Crippen LogP contribution in [0.4, 0.5) is 5.82 Å². The van der Waals surface area contributed by atoms with Gasteiger partial charge in [-0.2, -0.15) is 0 Å². The van der Waals surface area contributed by atoms with Gasteiger partial charge in [-0.3, -0.25) is 9.59 Å². The third kappa shape index (κ3) is 6.61. The predicted octanol–water partition coefficient (Wildman–Crippen LogP) is 2.89. The highest BCUT2D eigenvalue weighted by Gasteiger charge is 2.21. The minimum Gasteiger partial charge on any atom is -0.456 e. The van der Waals surface area contributed by atoms with E-state index in [2.05, 4.69) is 15.0 Å². The Labute approximate surface area is 176 Å². The topological polar surface area (TPSA) is 114 Å². The zero-order valence-corrected chi connectivity index (χ0v) is 17.2. The van der Waals surface area contributed by atoms with Crippen LogP contribution in [0, 0.1) is 0 Å². The van der Waals surface area contributed by atoms with Crippen molar-refractivity contribution < 1.29 is 22.7 Å². The number of sulfonamides is 1. The van der Waals surface area contributed by atoms with E-state index in [1.807, 2.05) is 0 Å². The number of aromatic nitrogens is 1. The van der Waals surface area contributed by atoms with Crippen molar-refractivity contribution in [3.8, 4) is 0 Å². The van der Waals surface area contributed by atoms with Crippen LogP contribution in [0.15, 0.2) is 41.4 Å². The van der Waals surface area contributed by atoms with Gasteiger partial charge in [0.25, 0.3) is 5.91 Å². The normalized spacial score (nSPS) is 11.1. The smallest absolute Gasteiger partial charge is 0.307 e. The second-order valence-corrected chi connectivity index (χ2v) is 8.22. The molecule has 1 aromatic carbocycles. The van der Waals surface area contributed by atoms with Gasteiger partial charge in [0.1, 0.15) is 10.7 Å². The van der Waals surface area contributed by atoms with E-state index in [4.69, 9.17) is 39.5 Å². The number of benzene rings is 1. The summed E-state index contributed by atoms with van der Waals surface area (Å²) in [6.45, 7) is -0.810. The first-order chi connectivity index (χ1) is 13.2. The number of carbonyl (C=O) groups is 2. The molecule has 1 heterocycles. The van der Waals surface area contributed by atoms with Crippen molar-refractivity contribution in [2.75, 3.05) is 18.5 Å². The molecular weight excluding hydrogens is 453 g/mol. The van der Waals surface area contributed by atoms with Crippen LogP contribution in [0.3, 0.4) is 0 Å². The molecule has 1 aromatic heterocycles. The summed E-state index contributed by atoms with van der Waals surface area (Å²) >= 11 is 17.4. The van der Waals surface area contributed by atoms with E-state index in [9.17, 15) is 18.0 Å². The lowest BCUT2D eigenvalue weighted by Crippen LogP contribution is -2.28. The lowest BCUT2D eigenvalue weighted by atomic mass is 10.4. The highest BCUT2D eigenvalue weighted by molar-refractivity contribution is 7.89. The van der Waals surface area contributed by atoms with Gasteiger partial charge in [-0.05, 0) is 24.3 Å². The number of nitrogens with one attached hydrogen (secondary N) is 2. The molecule has 8 nitrogen and oxygen atoms in total. The van der Waals surface area contributed by atoms with E-state index in [1.54, 1.807) is 0 Å². The molecule has 150 valence electrons. The Morgan fingerprint density at radius 2 is 1.75 bits per heavy atom. The standard InChI is InChI=1S/C16H14Cl3N3O5S/c17-10-4-5-13(20-8-10)22-14(23)9-27-15(24)6-7-21-28(25,26)16-11(18)2-1-3-12(16)19/h1-5,8,21H,6-7,9H2,(H,20,22,23). The SMILES string of the molecule is O=C(COC(=O)CCNS(=O)(=O)c1c(Cl)cccc1Cl)Nc1ccc(Cl)cn1. The van der Waals surface area contributed by atoms with Crippen molar-refractivity contribution >= 4 is 62.5 Å². The Bertz CT molecular complexity index is 948. The van der Waals surface area contributed by atoms with E-state index in [1.165, 1.54) is 36.5 Å². The van der Waals surface area contributed by atoms with E-state index >= 15 is 0 Å². The third-order valence-corrected chi connectivity index (χ3v) is 5.81. The summed E-state index contributed by atoms with van der Waals surface area (Å²) in [5.41, 5.74) is 0. The Kier molecular flexibility index (Phi) is 8.02. The fourth-order valence-electron chi connectivity index (χ4n) is 1.95. The molecule has 0 saturated heterocycles. The Hall–Kier alpha value is -1.91. The molecule has 0 aliphatic rings. The number of pyridine rings is 1. The molecule has 2 aromatic rings. The van der Waals surface area contributed by atoms with Gasteiger partial charge in [-0.1, -0.05) is 40.9 Å². The van der Waals surface area contributed by atoms with E-state index < -0.39 is 28.5 Å². The number of hydrogen-bond acceptors (Lipinski definition) is 6. The van der Waals surface area contributed by atoms with Crippen molar-refractivity contribution in [1.29, 1.82) is 0 Å². The number of hydrogen-bond donors (Lipinski definition) is 2. The van der Waals surface area contributed by atoms with Gasteiger partial charge in [0, 0.05) is 12.7 Å². The number of anilines is 1. The van der Waals surface area contributed by atoms with Crippen LogP contribution in [-0.2, 0) is 24.3 Å². The molecule has 28 heavy (non-hydrogen) atoms. The van der Waals surface area contributed by atoms with E-state index in [-0.39, 0.29) is 33.7 Å².